The number of hydrogen-bond donors (Lipinski definition) is 1. The highest BCUT2D eigenvalue weighted by atomic mass is 19.4. The molecule has 0 bridgehead atoms. The van der Waals surface area contributed by atoms with Crippen LogP contribution in [0.15, 0.2) is 18.2 Å². The number of carbonyl (C=O) groups is 1. The summed E-state index contributed by atoms with van der Waals surface area (Å²) >= 11 is 0. The lowest BCUT2D eigenvalue weighted by Gasteiger charge is -2.20. The number of alkyl halides is 3. The number of halogens is 3. The number of nitrogens with one attached hydrogen (secondary N) is 1. The molecule has 1 saturated heterocycles. The number of carbonyl (C=O) groups excluding carboxylic acids is 1. The third-order valence-electron chi connectivity index (χ3n) is 3.94. The third kappa shape index (κ3) is 5.67. The van der Waals surface area contributed by atoms with Crippen LogP contribution in [0.25, 0.3) is 0 Å². The molecule has 0 spiro atoms. The van der Waals surface area contributed by atoms with Crippen LogP contribution in [-0.4, -0.2) is 54.3 Å². The van der Waals surface area contributed by atoms with Gasteiger partial charge in [0, 0.05) is 25.2 Å². The number of ether oxygens (including phenoxy) is 1. The van der Waals surface area contributed by atoms with Gasteiger partial charge in [0.15, 0.2) is 6.61 Å². The molecule has 1 aromatic heterocycles. The van der Waals surface area contributed by atoms with Crippen molar-refractivity contribution in [2.45, 2.75) is 32.5 Å². The van der Waals surface area contributed by atoms with Crippen LogP contribution >= 0.6 is 0 Å². The minimum atomic E-state index is -4.44. The highest BCUT2D eigenvalue weighted by Crippen LogP contribution is 2.18. The van der Waals surface area contributed by atoms with Crippen molar-refractivity contribution in [1.29, 1.82) is 0 Å². The molecule has 0 radical (unpaired) electrons. The van der Waals surface area contributed by atoms with E-state index < -0.39 is 18.7 Å². The Hall–Kier alpha value is -1.83. The maximum absolute atomic E-state index is 12.1. The summed E-state index contributed by atoms with van der Waals surface area (Å²) in [6.45, 7) is 5.31. The van der Waals surface area contributed by atoms with Crippen LogP contribution in [0.1, 0.15) is 30.8 Å². The number of hydrogen-bond acceptors (Lipinski definition) is 4. The fourth-order valence-corrected chi connectivity index (χ4v) is 2.60. The average Bonchev–Trinajstić information content (AvgIpc) is 2.99. The molecule has 0 saturated carbocycles. The normalized spacial score (nSPS) is 18.8. The molecule has 1 atom stereocenters. The lowest BCUT2D eigenvalue weighted by molar-refractivity contribution is -0.154. The van der Waals surface area contributed by atoms with Crippen molar-refractivity contribution in [2.24, 2.45) is 5.92 Å². The molecule has 1 amide bonds. The fraction of sp³-hybridized carbons (Fsp3) is 0.625. The van der Waals surface area contributed by atoms with Crippen molar-refractivity contribution in [3.8, 4) is 5.88 Å². The van der Waals surface area contributed by atoms with E-state index in [-0.39, 0.29) is 11.6 Å². The Labute approximate surface area is 139 Å². The first-order chi connectivity index (χ1) is 11.2. The highest BCUT2D eigenvalue weighted by molar-refractivity contribution is 5.92. The van der Waals surface area contributed by atoms with E-state index in [9.17, 15) is 18.0 Å². The van der Waals surface area contributed by atoms with Gasteiger partial charge in [-0.2, -0.15) is 13.2 Å². The first-order valence-corrected chi connectivity index (χ1v) is 7.93. The number of amides is 1. The predicted octanol–water partition coefficient (Wildman–Crippen LogP) is 2.48. The van der Waals surface area contributed by atoms with Gasteiger partial charge in [-0.15, -0.1) is 0 Å². The number of aromatic nitrogens is 1. The molecule has 1 fully saturated rings. The van der Waals surface area contributed by atoms with Gasteiger partial charge in [0.2, 0.25) is 5.88 Å². The molecular formula is C16H22F3N3O2. The van der Waals surface area contributed by atoms with Gasteiger partial charge in [-0.05, 0) is 38.8 Å². The second-order valence-corrected chi connectivity index (χ2v) is 6.22. The Morgan fingerprint density at radius 1 is 1.46 bits per heavy atom. The Bertz CT molecular complexity index is 564. The van der Waals surface area contributed by atoms with Crippen molar-refractivity contribution in [3.63, 3.8) is 0 Å². The standard InChI is InChI=1S/C16H22F3N3O2/c1-11(2)22-7-6-12(9-22)8-20-15(23)13-4-3-5-14(21-13)24-10-16(17,18)19/h3-5,11-12H,6-10H2,1-2H3,(H,20,23)/t12-/m1/s1. The lowest BCUT2D eigenvalue weighted by Crippen LogP contribution is -2.33. The quantitative estimate of drug-likeness (QED) is 0.861. The summed E-state index contributed by atoms with van der Waals surface area (Å²) in [4.78, 5) is 18.3. The Balaban J connectivity index is 1.84. The summed E-state index contributed by atoms with van der Waals surface area (Å²) in [6.07, 6.45) is -3.43. The number of nitrogens with zero attached hydrogens (tertiary/aromatic N) is 2. The van der Waals surface area contributed by atoms with Crippen molar-refractivity contribution >= 4 is 5.91 Å². The molecular weight excluding hydrogens is 323 g/mol. The van der Waals surface area contributed by atoms with Gasteiger partial charge >= 0.3 is 6.18 Å². The minimum absolute atomic E-state index is 0.0494. The van der Waals surface area contributed by atoms with E-state index >= 15 is 0 Å². The maximum atomic E-state index is 12.1. The summed E-state index contributed by atoms with van der Waals surface area (Å²) in [6, 6.07) is 4.67. The van der Waals surface area contributed by atoms with E-state index in [4.69, 9.17) is 0 Å². The van der Waals surface area contributed by atoms with Crippen LogP contribution in [0, 0.1) is 5.92 Å². The van der Waals surface area contributed by atoms with E-state index in [2.05, 4.69) is 33.8 Å². The monoisotopic (exact) mass is 345 g/mol. The maximum Gasteiger partial charge on any atom is 0.422 e. The molecule has 2 heterocycles. The first kappa shape index (κ1) is 18.5. The molecule has 0 aromatic carbocycles. The predicted molar refractivity (Wildman–Crippen MR) is 82.9 cm³/mol. The molecule has 1 aromatic rings. The SMILES string of the molecule is CC(C)N1CC[C@H](CNC(=O)c2cccc(OCC(F)(F)F)n2)C1. The second-order valence-electron chi connectivity index (χ2n) is 6.22. The summed E-state index contributed by atoms with van der Waals surface area (Å²) < 4.78 is 41.0. The molecule has 134 valence electrons. The fourth-order valence-electron chi connectivity index (χ4n) is 2.60. The van der Waals surface area contributed by atoms with Gasteiger partial charge in [-0.25, -0.2) is 4.98 Å². The van der Waals surface area contributed by atoms with Crippen LogP contribution < -0.4 is 10.1 Å². The number of rotatable bonds is 6. The average molecular weight is 345 g/mol. The van der Waals surface area contributed by atoms with E-state index in [1.165, 1.54) is 18.2 Å². The Morgan fingerprint density at radius 2 is 2.21 bits per heavy atom. The molecule has 1 aliphatic rings. The molecule has 1 N–H and O–H groups in total. The zero-order valence-electron chi connectivity index (χ0n) is 13.8. The van der Waals surface area contributed by atoms with Crippen LogP contribution in [0.4, 0.5) is 13.2 Å². The van der Waals surface area contributed by atoms with Gasteiger partial charge < -0.3 is 15.0 Å². The molecule has 0 unspecified atom stereocenters. The van der Waals surface area contributed by atoms with E-state index in [0.29, 0.717) is 18.5 Å². The number of pyridine rings is 1. The lowest BCUT2D eigenvalue weighted by atomic mass is 10.1. The molecule has 1 aliphatic heterocycles. The van der Waals surface area contributed by atoms with Crippen molar-refractivity contribution in [2.75, 3.05) is 26.2 Å². The first-order valence-electron chi connectivity index (χ1n) is 7.93. The Kier molecular flexibility index (Phi) is 6.04. The van der Waals surface area contributed by atoms with E-state index in [1.54, 1.807) is 0 Å². The zero-order valence-corrected chi connectivity index (χ0v) is 13.8. The molecule has 2 rings (SSSR count). The van der Waals surface area contributed by atoms with Crippen LogP contribution in [0.5, 0.6) is 5.88 Å². The van der Waals surface area contributed by atoms with Gasteiger partial charge in [0.05, 0.1) is 0 Å². The summed E-state index contributed by atoms with van der Waals surface area (Å²) in [5.41, 5.74) is 0.0494. The van der Waals surface area contributed by atoms with Crippen LogP contribution in [0.2, 0.25) is 0 Å². The zero-order chi connectivity index (χ0) is 17.7. The molecule has 5 nitrogen and oxygen atoms in total. The van der Waals surface area contributed by atoms with Crippen LogP contribution in [0.3, 0.4) is 0 Å². The van der Waals surface area contributed by atoms with Crippen molar-refractivity contribution < 1.29 is 22.7 Å². The summed E-state index contributed by atoms with van der Waals surface area (Å²) in [7, 11) is 0. The van der Waals surface area contributed by atoms with Crippen molar-refractivity contribution in [3.05, 3.63) is 23.9 Å². The second kappa shape index (κ2) is 7.83. The summed E-state index contributed by atoms with van der Waals surface area (Å²) in [5, 5.41) is 2.79. The largest absolute Gasteiger partial charge is 0.468 e. The topological polar surface area (TPSA) is 54.5 Å². The van der Waals surface area contributed by atoms with E-state index in [1.807, 2.05) is 0 Å². The highest BCUT2D eigenvalue weighted by Gasteiger charge is 2.29. The van der Waals surface area contributed by atoms with Gasteiger partial charge in [0.25, 0.3) is 5.91 Å². The van der Waals surface area contributed by atoms with Gasteiger partial charge in [0.1, 0.15) is 5.69 Å². The Morgan fingerprint density at radius 3 is 2.83 bits per heavy atom. The molecule has 24 heavy (non-hydrogen) atoms. The smallest absolute Gasteiger partial charge is 0.422 e. The number of likely N-dealkylation sites (tertiary alicyclic amines) is 1. The summed E-state index contributed by atoms with van der Waals surface area (Å²) in [5.74, 6) is -0.247. The van der Waals surface area contributed by atoms with Crippen LogP contribution in [-0.2, 0) is 0 Å². The molecule has 0 aliphatic carbocycles. The molecule has 8 heteroatoms. The van der Waals surface area contributed by atoms with Crippen molar-refractivity contribution in [1.82, 2.24) is 15.2 Å². The van der Waals surface area contributed by atoms with Gasteiger partial charge in [-0.1, -0.05) is 6.07 Å². The third-order valence-corrected chi connectivity index (χ3v) is 3.94. The van der Waals surface area contributed by atoms with E-state index in [0.717, 1.165) is 19.5 Å². The van der Waals surface area contributed by atoms with Gasteiger partial charge in [-0.3, -0.25) is 4.79 Å². The minimum Gasteiger partial charge on any atom is -0.468 e.